The Morgan fingerprint density at radius 2 is 0.857 bits per heavy atom. The van der Waals surface area contributed by atoms with Crippen LogP contribution in [0.25, 0.3) is 52.5 Å². The van der Waals surface area contributed by atoms with E-state index in [0.29, 0.717) is 0 Å². The van der Waals surface area contributed by atoms with Gasteiger partial charge in [0, 0.05) is 40.3 Å². The Labute approximate surface area is 171 Å². The molecule has 0 spiro atoms. The van der Waals surface area contributed by atoms with Crippen LogP contribution >= 0.6 is 22.7 Å². The van der Waals surface area contributed by atoms with Gasteiger partial charge >= 0.3 is 0 Å². The highest BCUT2D eigenvalue weighted by Gasteiger charge is 2.05. The zero-order valence-corrected chi connectivity index (χ0v) is 16.7. The average molecular weight is 393 g/mol. The largest absolute Gasteiger partial charge is 0.135 e. The van der Waals surface area contributed by atoms with Crippen molar-refractivity contribution in [2.75, 3.05) is 0 Å². The number of benzene rings is 4. The lowest BCUT2D eigenvalue weighted by molar-refractivity contribution is 1.75. The maximum Gasteiger partial charge on any atom is 0.0355 e. The van der Waals surface area contributed by atoms with Gasteiger partial charge in [0.05, 0.1) is 0 Å². The van der Waals surface area contributed by atoms with E-state index in [9.17, 15) is 0 Å². The molecule has 0 atom stereocenters. The fourth-order valence-corrected chi connectivity index (χ4v) is 6.06. The molecule has 2 heterocycles. The Morgan fingerprint density at radius 1 is 0.429 bits per heavy atom. The predicted molar refractivity (Wildman–Crippen MR) is 128 cm³/mol. The Morgan fingerprint density at radius 3 is 1.36 bits per heavy atom. The van der Waals surface area contributed by atoms with Gasteiger partial charge in [-0.1, -0.05) is 60.7 Å². The quantitative estimate of drug-likeness (QED) is 0.259. The summed E-state index contributed by atoms with van der Waals surface area (Å²) in [5.41, 5.74) is 2.48. The van der Waals surface area contributed by atoms with Crippen LogP contribution in [0.5, 0.6) is 0 Å². The molecule has 0 radical (unpaired) electrons. The highest BCUT2D eigenvalue weighted by molar-refractivity contribution is 7.26. The van der Waals surface area contributed by atoms with Crippen molar-refractivity contribution >= 4 is 75.2 Å². The van der Waals surface area contributed by atoms with Gasteiger partial charge in [0.2, 0.25) is 0 Å². The number of hydrogen-bond donors (Lipinski definition) is 0. The molecule has 2 aromatic heterocycles. The third kappa shape index (κ3) is 2.57. The first-order valence-electron chi connectivity index (χ1n) is 9.36. The zero-order valence-electron chi connectivity index (χ0n) is 15.1. The summed E-state index contributed by atoms with van der Waals surface area (Å²) in [4.78, 5) is 0. The van der Waals surface area contributed by atoms with E-state index in [2.05, 4.69) is 97.1 Å². The SMILES string of the molecule is C(=C\c1ccc2sc3ccccc3c2c1)/c1ccc2sc3ccccc3c2c1. The van der Waals surface area contributed by atoms with E-state index in [4.69, 9.17) is 0 Å². The molecule has 0 unspecified atom stereocenters. The van der Waals surface area contributed by atoms with Crippen molar-refractivity contribution in [1.82, 2.24) is 0 Å². The highest BCUT2D eigenvalue weighted by Crippen LogP contribution is 2.36. The van der Waals surface area contributed by atoms with Gasteiger partial charge in [0.1, 0.15) is 0 Å². The molecule has 0 nitrogen and oxygen atoms in total. The van der Waals surface area contributed by atoms with Gasteiger partial charge in [-0.3, -0.25) is 0 Å². The lowest BCUT2D eigenvalue weighted by atomic mass is 10.1. The maximum absolute atomic E-state index is 2.31. The van der Waals surface area contributed by atoms with E-state index in [-0.39, 0.29) is 0 Å². The Bertz CT molecular complexity index is 1400. The summed E-state index contributed by atoms with van der Waals surface area (Å²) < 4.78 is 5.41. The van der Waals surface area contributed by atoms with Crippen LogP contribution in [0.2, 0.25) is 0 Å². The second kappa shape index (κ2) is 6.30. The summed E-state index contributed by atoms with van der Waals surface area (Å²) in [6.07, 6.45) is 4.45. The van der Waals surface area contributed by atoms with Gasteiger partial charge in [-0.05, 0) is 47.5 Å². The lowest BCUT2D eigenvalue weighted by Gasteiger charge is -1.98. The van der Waals surface area contributed by atoms with Gasteiger partial charge in [0.25, 0.3) is 0 Å². The second-order valence-corrected chi connectivity index (χ2v) is 9.21. The molecule has 0 N–H and O–H groups in total. The number of hydrogen-bond acceptors (Lipinski definition) is 2. The van der Waals surface area contributed by atoms with Crippen LogP contribution in [0, 0.1) is 0 Å². The smallest absolute Gasteiger partial charge is 0.0355 e. The van der Waals surface area contributed by atoms with Crippen molar-refractivity contribution in [3.63, 3.8) is 0 Å². The second-order valence-electron chi connectivity index (χ2n) is 7.04. The van der Waals surface area contributed by atoms with Gasteiger partial charge in [-0.25, -0.2) is 0 Å². The van der Waals surface area contributed by atoms with Gasteiger partial charge < -0.3 is 0 Å². The van der Waals surface area contributed by atoms with Crippen LogP contribution in [0.4, 0.5) is 0 Å². The van der Waals surface area contributed by atoms with Crippen molar-refractivity contribution in [3.8, 4) is 0 Å². The molecular formula is C26H16S2. The van der Waals surface area contributed by atoms with Crippen molar-refractivity contribution in [3.05, 3.63) is 96.1 Å². The highest BCUT2D eigenvalue weighted by atomic mass is 32.1. The Hall–Kier alpha value is -2.94. The molecule has 0 saturated carbocycles. The number of thiophene rings is 2. The molecule has 28 heavy (non-hydrogen) atoms. The molecule has 0 aliphatic heterocycles. The summed E-state index contributed by atoms with van der Waals surface area (Å²) in [5.74, 6) is 0. The van der Waals surface area contributed by atoms with Crippen molar-refractivity contribution in [2.24, 2.45) is 0 Å². The van der Waals surface area contributed by atoms with E-state index in [0.717, 1.165) is 0 Å². The first-order valence-corrected chi connectivity index (χ1v) is 11.0. The van der Waals surface area contributed by atoms with Crippen molar-refractivity contribution in [1.29, 1.82) is 0 Å². The Kier molecular flexibility index (Phi) is 3.61. The van der Waals surface area contributed by atoms with Crippen molar-refractivity contribution < 1.29 is 0 Å². The first-order chi connectivity index (χ1) is 13.8. The zero-order chi connectivity index (χ0) is 18.5. The molecule has 0 amide bonds. The number of fused-ring (bicyclic) bond motifs is 6. The van der Waals surface area contributed by atoms with Crippen LogP contribution in [0.15, 0.2) is 84.9 Å². The summed E-state index contributed by atoms with van der Waals surface area (Å²) >= 11 is 3.73. The molecule has 4 aromatic carbocycles. The molecule has 0 fully saturated rings. The minimum absolute atomic E-state index is 1.24. The van der Waals surface area contributed by atoms with Gasteiger partial charge in [0.15, 0.2) is 0 Å². The van der Waals surface area contributed by atoms with Crippen molar-refractivity contribution in [2.45, 2.75) is 0 Å². The summed E-state index contributed by atoms with van der Waals surface area (Å²) in [5, 5.41) is 5.40. The molecular weight excluding hydrogens is 376 g/mol. The molecule has 6 rings (SSSR count). The Balaban J connectivity index is 1.43. The van der Waals surface area contributed by atoms with Gasteiger partial charge in [-0.2, -0.15) is 0 Å². The van der Waals surface area contributed by atoms with E-state index < -0.39 is 0 Å². The molecule has 6 aromatic rings. The normalized spacial score (nSPS) is 12.1. The molecule has 2 heteroatoms. The number of rotatable bonds is 2. The summed E-state index contributed by atoms with van der Waals surface area (Å²) in [7, 11) is 0. The monoisotopic (exact) mass is 392 g/mol. The van der Waals surface area contributed by atoms with E-state index in [1.807, 2.05) is 22.7 Å². The minimum Gasteiger partial charge on any atom is -0.135 e. The fourth-order valence-electron chi connectivity index (χ4n) is 3.89. The van der Waals surface area contributed by atoms with Gasteiger partial charge in [-0.15, -0.1) is 22.7 Å². The predicted octanol–water partition coefficient (Wildman–Crippen LogP) is 8.59. The maximum atomic E-state index is 2.31. The minimum atomic E-state index is 1.24. The summed E-state index contributed by atoms with van der Waals surface area (Å²) in [6, 6.07) is 30.9. The first kappa shape index (κ1) is 16.1. The molecule has 132 valence electrons. The molecule has 0 aliphatic rings. The molecule has 0 bridgehead atoms. The van der Waals surface area contributed by atoms with Crippen LogP contribution in [0.1, 0.15) is 11.1 Å². The third-order valence-corrected chi connectivity index (χ3v) is 7.57. The average Bonchev–Trinajstić information content (AvgIpc) is 3.30. The fraction of sp³-hybridized carbons (Fsp3) is 0. The third-order valence-electron chi connectivity index (χ3n) is 5.27. The van der Waals surface area contributed by atoms with E-state index in [1.165, 1.54) is 51.5 Å². The van der Waals surface area contributed by atoms with E-state index in [1.54, 1.807) is 0 Å². The standard InChI is InChI=1S/C26H16S2/c1-3-7-23-19(5-1)21-15-17(11-13-25(21)27-23)9-10-18-12-14-26-22(16-18)20-6-2-4-8-24(20)28-26/h1-16H/b10-9+. The summed E-state index contributed by atoms with van der Waals surface area (Å²) in [6.45, 7) is 0. The van der Waals surface area contributed by atoms with Crippen LogP contribution in [-0.4, -0.2) is 0 Å². The van der Waals surface area contributed by atoms with Crippen LogP contribution in [-0.2, 0) is 0 Å². The van der Waals surface area contributed by atoms with Crippen LogP contribution < -0.4 is 0 Å². The lowest BCUT2D eigenvalue weighted by Crippen LogP contribution is -1.74. The van der Waals surface area contributed by atoms with E-state index >= 15 is 0 Å². The van der Waals surface area contributed by atoms with Crippen LogP contribution in [0.3, 0.4) is 0 Å². The topological polar surface area (TPSA) is 0 Å². The molecule has 0 saturated heterocycles. The molecule has 0 aliphatic carbocycles.